The summed E-state index contributed by atoms with van der Waals surface area (Å²) in [5, 5.41) is 4.62. The molecular formula is C13H12ClN3OS2. The number of amides is 1. The number of carbonyl (C=O) groups excluding carboxylic acids is 1. The minimum atomic E-state index is -0.218. The Hall–Kier alpha value is -1.37. The van der Waals surface area contributed by atoms with E-state index in [1.54, 1.807) is 23.1 Å². The summed E-state index contributed by atoms with van der Waals surface area (Å²) in [7, 11) is 0. The van der Waals surface area contributed by atoms with Crippen molar-refractivity contribution in [1.29, 1.82) is 0 Å². The van der Waals surface area contributed by atoms with Crippen molar-refractivity contribution in [3.63, 3.8) is 0 Å². The number of nitrogens with one attached hydrogen (secondary N) is 1. The van der Waals surface area contributed by atoms with E-state index in [1.165, 1.54) is 11.8 Å². The fourth-order valence-corrected chi connectivity index (χ4v) is 2.34. The molecule has 1 aliphatic rings. The number of halogens is 1. The second-order valence-electron chi connectivity index (χ2n) is 3.90. The Morgan fingerprint density at radius 2 is 2.40 bits per heavy atom. The van der Waals surface area contributed by atoms with Gasteiger partial charge in [-0.05, 0) is 12.3 Å². The minimum Gasteiger partial charge on any atom is -0.301 e. The van der Waals surface area contributed by atoms with Gasteiger partial charge < -0.3 is 4.90 Å². The van der Waals surface area contributed by atoms with Gasteiger partial charge in [0.15, 0.2) is 10.0 Å². The molecule has 0 unspecified atom stereocenters. The maximum Gasteiger partial charge on any atom is 0.279 e. The Bertz CT molecular complexity index is 616. The zero-order chi connectivity index (χ0) is 14.7. The highest BCUT2D eigenvalue weighted by Gasteiger charge is 2.35. The van der Waals surface area contributed by atoms with Gasteiger partial charge in [-0.25, -0.2) is 0 Å². The summed E-state index contributed by atoms with van der Waals surface area (Å²) in [5.74, 6) is -0.218. The number of thiocarbonyl (C=S) groups is 1. The van der Waals surface area contributed by atoms with E-state index in [4.69, 9.17) is 23.8 Å². The number of hydrogen-bond acceptors (Lipinski definition) is 4. The Morgan fingerprint density at radius 1 is 1.65 bits per heavy atom. The Balaban J connectivity index is 2.46. The third kappa shape index (κ3) is 2.72. The molecule has 0 fully saturated rings. The van der Waals surface area contributed by atoms with Gasteiger partial charge in [0, 0.05) is 12.1 Å². The monoisotopic (exact) mass is 325 g/mol. The number of carbonyl (C=O) groups is 1. The molecule has 1 amide bonds. The molecule has 1 N–H and O–H groups in total. The summed E-state index contributed by atoms with van der Waals surface area (Å²) in [4.78, 5) is 14.0. The predicted molar refractivity (Wildman–Crippen MR) is 89.8 cm³/mol. The van der Waals surface area contributed by atoms with Crippen molar-refractivity contribution in [3.05, 3.63) is 41.4 Å². The van der Waals surface area contributed by atoms with E-state index in [2.05, 4.69) is 17.1 Å². The van der Waals surface area contributed by atoms with Crippen LogP contribution in [0.4, 0.5) is 5.69 Å². The van der Waals surface area contributed by atoms with E-state index in [9.17, 15) is 4.79 Å². The third-order valence-corrected chi connectivity index (χ3v) is 4.07. The van der Waals surface area contributed by atoms with Crippen LogP contribution in [0.2, 0.25) is 5.02 Å². The normalized spacial score (nSPS) is 15.4. The fraction of sp³-hybridized carbons (Fsp3) is 0.154. The molecule has 0 radical (unpaired) electrons. The lowest BCUT2D eigenvalue weighted by Gasteiger charge is -2.15. The van der Waals surface area contributed by atoms with Crippen molar-refractivity contribution in [2.24, 2.45) is 5.10 Å². The van der Waals surface area contributed by atoms with E-state index in [0.29, 0.717) is 32.9 Å². The molecule has 104 valence electrons. The van der Waals surface area contributed by atoms with Gasteiger partial charge in [-0.2, -0.15) is 5.10 Å². The molecule has 0 aliphatic carbocycles. The van der Waals surface area contributed by atoms with Crippen molar-refractivity contribution in [1.82, 2.24) is 5.43 Å². The van der Waals surface area contributed by atoms with Crippen LogP contribution in [0.25, 0.3) is 0 Å². The molecule has 1 aliphatic heterocycles. The van der Waals surface area contributed by atoms with Crippen molar-refractivity contribution in [3.8, 4) is 0 Å². The Kier molecular flexibility index (Phi) is 4.80. The van der Waals surface area contributed by atoms with Gasteiger partial charge >= 0.3 is 0 Å². The van der Waals surface area contributed by atoms with E-state index in [-0.39, 0.29) is 5.91 Å². The summed E-state index contributed by atoms with van der Waals surface area (Å²) in [5.41, 5.74) is 4.36. The number of benzene rings is 1. The first kappa shape index (κ1) is 15.0. The number of anilines is 1. The molecule has 0 aromatic heterocycles. The van der Waals surface area contributed by atoms with Crippen LogP contribution in [0.15, 0.2) is 36.0 Å². The van der Waals surface area contributed by atoms with E-state index in [0.717, 1.165) is 0 Å². The van der Waals surface area contributed by atoms with Crippen LogP contribution < -0.4 is 10.3 Å². The Labute approximate surface area is 131 Å². The molecule has 1 aromatic carbocycles. The summed E-state index contributed by atoms with van der Waals surface area (Å²) in [6.45, 7) is 4.03. The highest BCUT2D eigenvalue weighted by molar-refractivity contribution is 8.22. The molecule has 0 atom stereocenters. The number of rotatable bonds is 3. The van der Waals surface area contributed by atoms with Crippen molar-refractivity contribution < 1.29 is 4.79 Å². The number of nitrogens with zero attached hydrogens (tertiary/aromatic N) is 2. The van der Waals surface area contributed by atoms with Gasteiger partial charge in [0.05, 0.1) is 10.7 Å². The molecule has 0 spiro atoms. The number of fused-ring (bicyclic) bond motifs is 1. The van der Waals surface area contributed by atoms with Gasteiger partial charge in [0.1, 0.15) is 0 Å². The van der Waals surface area contributed by atoms with Gasteiger partial charge in [0.2, 0.25) is 0 Å². The molecule has 1 aromatic rings. The number of thioether (sulfide) groups is 1. The van der Waals surface area contributed by atoms with Crippen LogP contribution in [0.5, 0.6) is 0 Å². The first-order valence-corrected chi connectivity index (χ1v) is 7.74. The first-order chi connectivity index (χ1) is 9.60. The second-order valence-corrected chi connectivity index (χ2v) is 5.79. The average molecular weight is 326 g/mol. The third-order valence-electron chi connectivity index (χ3n) is 2.72. The summed E-state index contributed by atoms with van der Waals surface area (Å²) < 4.78 is 0.496. The van der Waals surface area contributed by atoms with Crippen molar-refractivity contribution in [2.45, 2.75) is 0 Å². The summed E-state index contributed by atoms with van der Waals surface area (Å²) in [6, 6.07) is 5.34. The molecule has 1 heterocycles. The topological polar surface area (TPSA) is 44.7 Å². The van der Waals surface area contributed by atoms with Crippen molar-refractivity contribution in [2.75, 3.05) is 17.7 Å². The summed E-state index contributed by atoms with van der Waals surface area (Å²) in [6.07, 6.45) is 3.48. The van der Waals surface area contributed by atoms with Crippen LogP contribution >= 0.6 is 35.6 Å². The highest BCUT2D eigenvalue weighted by Crippen LogP contribution is 2.35. The van der Waals surface area contributed by atoms with E-state index in [1.807, 2.05) is 12.3 Å². The molecule has 20 heavy (non-hydrogen) atoms. The lowest BCUT2D eigenvalue weighted by atomic mass is 10.1. The molecule has 7 heteroatoms. The van der Waals surface area contributed by atoms with Gasteiger partial charge in [-0.1, -0.05) is 53.8 Å². The molecular weight excluding hydrogens is 314 g/mol. The quantitative estimate of drug-likeness (QED) is 0.527. The number of para-hydroxylation sites is 1. The molecule has 2 rings (SSSR count). The lowest BCUT2D eigenvalue weighted by Crippen LogP contribution is -2.31. The van der Waals surface area contributed by atoms with Crippen LogP contribution in [0.1, 0.15) is 5.56 Å². The van der Waals surface area contributed by atoms with E-state index >= 15 is 0 Å². The fourth-order valence-electron chi connectivity index (χ4n) is 1.88. The minimum absolute atomic E-state index is 0.218. The SMILES string of the molecule is C=CCN1C(=O)C(=NNC(=S)SC)c2cccc(Cl)c21. The van der Waals surface area contributed by atoms with Crippen molar-refractivity contribution >= 4 is 57.2 Å². The van der Waals surface area contributed by atoms with Gasteiger partial charge in [-0.15, -0.1) is 6.58 Å². The highest BCUT2D eigenvalue weighted by atomic mass is 35.5. The van der Waals surface area contributed by atoms with Gasteiger partial charge in [0.25, 0.3) is 5.91 Å². The second kappa shape index (κ2) is 6.39. The van der Waals surface area contributed by atoms with Crippen LogP contribution in [-0.4, -0.2) is 28.7 Å². The number of hydrogen-bond donors (Lipinski definition) is 1. The maximum atomic E-state index is 12.4. The predicted octanol–water partition coefficient (Wildman–Crippen LogP) is 2.81. The average Bonchev–Trinajstić information content (AvgIpc) is 2.71. The van der Waals surface area contributed by atoms with E-state index < -0.39 is 0 Å². The Morgan fingerprint density at radius 3 is 3.05 bits per heavy atom. The number of hydrazone groups is 1. The zero-order valence-corrected chi connectivity index (χ0v) is 13.1. The molecule has 4 nitrogen and oxygen atoms in total. The standard InChI is InChI=1S/C13H12ClN3OS2/c1-3-7-17-11-8(5-4-6-9(11)14)10(12(17)18)15-16-13(19)20-2/h3-6H,1,7H2,2H3,(H,16,19). The molecule has 0 saturated carbocycles. The van der Waals surface area contributed by atoms with Crippen LogP contribution in [0, 0.1) is 0 Å². The van der Waals surface area contributed by atoms with Crippen LogP contribution in [-0.2, 0) is 4.79 Å². The first-order valence-electron chi connectivity index (χ1n) is 5.73. The molecule has 0 bridgehead atoms. The van der Waals surface area contributed by atoms with Crippen LogP contribution in [0.3, 0.4) is 0 Å². The summed E-state index contributed by atoms with van der Waals surface area (Å²) >= 11 is 12.5. The largest absolute Gasteiger partial charge is 0.301 e. The lowest BCUT2D eigenvalue weighted by molar-refractivity contribution is -0.112. The zero-order valence-electron chi connectivity index (χ0n) is 10.7. The van der Waals surface area contributed by atoms with Gasteiger partial charge in [-0.3, -0.25) is 10.2 Å². The molecule has 0 saturated heterocycles. The maximum absolute atomic E-state index is 12.4. The smallest absolute Gasteiger partial charge is 0.279 e.